The van der Waals surface area contributed by atoms with Gasteiger partial charge in [-0.25, -0.2) is 0 Å². The fraction of sp³-hybridized carbons (Fsp3) is 0.321. The van der Waals surface area contributed by atoms with Gasteiger partial charge in [0, 0.05) is 47.1 Å². The number of nitrogens with one attached hydrogen (secondary N) is 1. The van der Waals surface area contributed by atoms with Crippen LogP contribution in [0.4, 0.5) is 5.69 Å². The van der Waals surface area contributed by atoms with Crippen LogP contribution in [0.3, 0.4) is 0 Å². The van der Waals surface area contributed by atoms with Crippen molar-refractivity contribution in [1.29, 1.82) is 0 Å². The van der Waals surface area contributed by atoms with Gasteiger partial charge in [-0.2, -0.15) is 0 Å². The molecule has 3 aromatic rings. The molecule has 4 rings (SSSR count). The van der Waals surface area contributed by atoms with Crippen molar-refractivity contribution in [3.63, 3.8) is 0 Å². The zero-order valence-corrected chi connectivity index (χ0v) is 21.9. The number of carbonyl (C=O) groups is 3. The molecular formula is C28H29Cl2N3O3. The second-order valence-corrected chi connectivity index (χ2v) is 9.81. The van der Waals surface area contributed by atoms with Crippen LogP contribution in [0.15, 0.2) is 54.6 Å². The summed E-state index contributed by atoms with van der Waals surface area (Å²) in [5, 5.41) is 5.78. The fourth-order valence-electron chi connectivity index (χ4n) is 4.55. The monoisotopic (exact) mass is 525 g/mol. The van der Waals surface area contributed by atoms with Crippen LogP contribution in [0, 0.1) is 0 Å². The van der Waals surface area contributed by atoms with E-state index in [1.807, 2.05) is 43.3 Å². The predicted molar refractivity (Wildman–Crippen MR) is 145 cm³/mol. The lowest BCUT2D eigenvalue weighted by Crippen LogP contribution is -2.47. The molecule has 1 N–H and O–H groups in total. The SMILES string of the molecule is CCCNC(=O)[C@@H](C)N(Cc1ccc(Cl)cc1Cl)C(=O)CCCN1C(=O)c2cccc3cccc1c23. The third-order valence-corrected chi connectivity index (χ3v) is 7.08. The molecule has 0 bridgehead atoms. The van der Waals surface area contributed by atoms with Gasteiger partial charge >= 0.3 is 0 Å². The number of amides is 3. The number of anilines is 1. The van der Waals surface area contributed by atoms with E-state index in [4.69, 9.17) is 23.2 Å². The van der Waals surface area contributed by atoms with E-state index in [-0.39, 0.29) is 30.7 Å². The molecule has 6 nitrogen and oxygen atoms in total. The third kappa shape index (κ3) is 5.35. The van der Waals surface area contributed by atoms with Crippen LogP contribution in [-0.2, 0) is 16.1 Å². The smallest absolute Gasteiger partial charge is 0.258 e. The number of nitrogens with zero attached hydrogens (tertiary/aromatic N) is 2. The largest absolute Gasteiger partial charge is 0.354 e. The molecule has 0 aliphatic carbocycles. The van der Waals surface area contributed by atoms with Crippen molar-refractivity contribution in [2.75, 3.05) is 18.0 Å². The van der Waals surface area contributed by atoms with Crippen LogP contribution in [0.2, 0.25) is 10.0 Å². The molecule has 0 aromatic heterocycles. The second kappa shape index (κ2) is 11.3. The zero-order valence-electron chi connectivity index (χ0n) is 20.4. The first-order chi connectivity index (χ1) is 17.3. The van der Waals surface area contributed by atoms with Gasteiger partial charge in [0.2, 0.25) is 11.8 Å². The van der Waals surface area contributed by atoms with Gasteiger partial charge in [-0.05, 0) is 55.0 Å². The standard InChI is InChI=1S/C28H29Cl2N3O3/c1-3-14-31-27(35)18(2)33(17-20-12-13-21(29)16-23(20)30)25(34)11-6-15-32-24-10-5-8-19-7-4-9-22(26(19)24)28(32)36/h4-5,7-10,12-13,16,18H,3,6,11,14-15,17H2,1-2H3,(H,31,35)/t18-/m1/s1. The highest BCUT2D eigenvalue weighted by atomic mass is 35.5. The number of rotatable bonds is 10. The first-order valence-corrected chi connectivity index (χ1v) is 12.9. The van der Waals surface area contributed by atoms with Gasteiger partial charge in [-0.15, -0.1) is 0 Å². The Morgan fingerprint density at radius 1 is 1.08 bits per heavy atom. The molecule has 1 heterocycles. The topological polar surface area (TPSA) is 69.7 Å². The molecule has 188 valence electrons. The third-order valence-electron chi connectivity index (χ3n) is 6.49. The number of carbonyl (C=O) groups excluding carboxylic acids is 3. The minimum absolute atomic E-state index is 0.0497. The summed E-state index contributed by atoms with van der Waals surface area (Å²) in [6, 6.07) is 16.0. The average Bonchev–Trinajstić information content (AvgIpc) is 3.14. The van der Waals surface area contributed by atoms with Crippen LogP contribution in [0.5, 0.6) is 0 Å². The van der Waals surface area contributed by atoms with Crippen LogP contribution in [0.25, 0.3) is 10.8 Å². The predicted octanol–water partition coefficient (Wildman–Crippen LogP) is 5.83. The number of halogens is 2. The lowest BCUT2D eigenvalue weighted by atomic mass is 10.1. The Balaban J connectivity index is 1.47. The van der Waals surface area contributed by atoms with E-state index in [0.29, 0.717) is 40.7 Å². The normalized spacial score (nSPS) is 13.2. The summed E-state index contributed by atoms with van der Waals surface area (Å²) in [7, 11) is 0. The zero-order chi connectivity index (χ0) is 25.8. The highest BCUT2D eigenvalue weighted by molar-refractivity contribution is 6.35. The minimum atomic E-state index is -0.679. The molecule has 8 heteroatoms. The van der Waals surface area contributed by atoms with E-state index in [9.17, 15) is 14.4 Å². The molecular weight excluding hydrogens is 497 g/mol. The minimum Gasteiger partial charge on any atom is -0.354 e. The molecule has 0 saturated carbocycles. The van der Waals surface area contributed by atoms with E-state index < -0.39 is 6.04 Å². The Morgan fingerprint density at radius 3 is 2.56 bits per heavy atom. The van der Waals surface area contributed by atoms with Gasteiger partial charge < -0.3 is 15.1 Å². The van der Waals surface area contributed by atoms with E-state index in [1.54, 1.807) is 34.9 Å². The van der Waals surface area contributed by atoms with Gasteiger partial charge in [0.25, 0.3) is 5.91 Å². The first kappa shape index (κ1) is 26.0. The molecule has 1 atom stereocenters. The summed E-state index contributed by atoms with van der Waals surface area (Å²) in [5.74, 6) is -0.443. The Morgan fingerprint density at radius 2 is 1.83 bits per heavy atom. The van der Waals surface area contributed by atoms with Crippen molar-refractivity contribution in [3.05, 3.63) is 75.8 Å². The van der Waals surface area contributed by atoms with Gasteiger partial charge in [0.05, 0.1) is 5.69 Å². The van der Waals surface area contributed by atoms with Crippen molar-refractivity contribution in [2.24, 2.45) is 0 Å². The molecule has 1 aliphatic heterocycles. The van der Waals surface area contributed by atoms with Gasteiger partial charge in [-0.3, -0.25) is 14.4 Å². The Kier molecular flexibility index (Phi) is 8.17. The van der Waals surface area contributed by atoms with Gasteiger partial charge in [0.1, 0.15) is 6.04 Å². The lowest BCUT2D eigenvalue weighted by Gasteiger charge is -2.29. The van der Waals surface area contributed by atoms with Gasteiger partial charge in [-0.1, -0.05) is 60.5 Å². The molecule has 3 amide bonds. The van der Waals surface area contributed by atoms with Crippen LogP contribution < -0.4 is 10.2 Å². The van der Waals surface area contributed by atoms with Crippen molar-refractivity contribution in [3.8, 4) is 0 Å². The summed E-state index contributed by atoms with van der Waals surface area (Å²) in [4.78, 5) is 42.4. The maximum absolute atomic E-state index is 13.4. The fourth-order valence-corrected chi connectivity index (χ4v) is 5.01. The van der Waals surface area contributed by atoms with Crippen molar-refractivity contribution >= 4 is 57.4 Å². The summed E-state index contributed by atoms with van der Waals surface area (Å²) in [6.45, 7) is 4.82. The molecule has 0 fully saturated rings. The molecule has 1 aliphatic rings. The molecule has 0 spiro atoms. The van der Waals surface area contributed by atoms with E-state index in [2.05, 4.69) is 5.32 Å². The number of benzene rings is 3. The van der Waals surface area contributed by atoms with E-state index in [1.165, 1.54) is 0 Å². The summed E-state index contributed by atoms with van der Waals surface area (Å²) in [6.07, 6.45) is 1.45. The highest BCUT2D eigenvalue weighted by Gasteiger charge is 2.30. The molecule has 0 saturated heterocycles. The Hall–Kier alpha value is -3.09. The average molecular weight is 526 g/mol. The summed E-state index contributed by atoms with van der Waals surface area (Å²) < 4.78 is 0. The lowest BCUT2D eigenvalue weighted by molar-refractivity contribution is -0.140. The second-order valence-electron chi connectivity index (χ2n) is 8.97. The molecule has 3 aromatic carbocycles. The van der Waals surface area contributed by atoms with Crippen molar-refractivity contribution < 1.29 is 14.4 Å². The highest BCUT2D eigenvalue weighted by Crippen LogP contribution is 2.37. The van der Waals surface area contributed by atoms with Crippen LogP contribution >= 0.6 is 23.2 Å². The number of hydrogen-bond donors (Lipinski definition) is 1. The van der Waals surface area contributed by atoms with E-state index >= 15 is 0 Å². The van der Waals surface area contributed by atoms with E-state index in [0.717, 1.165) is 22.9 Å². The molecule has 0 unspecified atom stereocenters. The van der Waals surface area contributed by atoms with Gasteiger partial charge in [0.15, 0.2) is 0 Å². The number of hydrogen-bond acceptors (Lipinski definition) is 3. The van der Waals surface area contributed by atoms with Crippen molar-refractivity contribution in [1.82, 2.24) is 10.2 Å². The maximum Gasteiger partial charge on any atom is 0.258 e. The maximum atomic E-state index is 13.4. The quantitative estimate of drug-likeness (QED) is 0.362. The first-order valence-electron chi connectivity index (χ1n) is 12.2. The Labute approximate surface area is 221 Å². The Bertz CT molecular complexity index is 1310. The summed E-state index contributed by atoms with van der Waals surface area (Å²) >= 11 is 12.4. The van der Waals surface area contributed by atoms with Crippen LogP contribution in [0.1, 0.15) is 49.0 Å². The van der Waals surface area contributed by atoms with Crippen LogP contribution in [-0.4, -0.2) is 41.8 Å². The molecule has 0 radical (unpaired) electrons. The summed E-state index contributed by atoms with van der Waals surface area (Å²) in [5.41, 5.74) is 2.27. The molecule has 36 heavy (non-hydrogen) atoms. The van der Waals surface area contributed by atoms with Crippen molar-refractivity contribution in [2.45, 2.75) is 45.7 Å².